The standard InChI is InChI=1S/C15H10BrF3O2/c16-8-10-2-1-3-12(13(10)14(20)21)9-4-6-11(7-5-9)15(17,18)19/h1-7H,8H2,(H,20,21)/p-1. The molecule has 0 heterocycles. The average molecular weight is 358 g/mol. The van der Waals surface area contributed by atoms with Crippen molar-refractivity contribution in [1.82, 2.24) is 0 Å². The Kier molecular flexibility index (Phi) is 4.37. The molecular weight excluding hydrogens is 349 g/mol. The Balaban J connectivity index is 2.54. The number of aromatic carboxylic acids is 1. The minimum atomic E-state index is -4.42. The van der Waals surface area contributed by atoms with Gasteiger partial charge in [0.05, 0.1) is 11.5 Å². The summed E-state index contributed by atoms with van der Waals surface area (Å²) in [7, 11) is 0. The van der Waals surface area contributed by atoms with Gasteiger partial charge in [0.2, 0.25) is 0 Å². The van der Waals surface area contributed by atoms with Crippen LogP contribution >= 0.6 is 15.9 Å². The number of carbonyl (C=O) groups excluding carboxylic acids is 1. The monoisotopic (exact) mass is 357 g/mol. The zero-order valence-corrected chi connectivity index (χ0v) is 12.2. The molecule has 0 aliphatic rings. The van der Waals surface area contributed by atoms with Crippen molar-refractivity contribution >= 4 is 21.9 Å². The maximum absolute atomic E-state index is 12.5. The summed E-state index contributed by atoms with van der Waals surface area (Å²) in [6.07, 6.45) is -4.42. The van der Waals surface area contributed by atoms with Crippen LogP contribution in [0.1, 0.15) is 21.5 Å². The largest absolute Gasteiger partial charge is 0.545 e. The van der Waals surface area contributed by atoms with Crippen LogP contribution in [0, 0.1) is 0 Å². The van der Waals surface area contributed by atoms with Crippen molar-refractivity contribution in [1.29, 1.82) is 0 Å². The Labute approximate surface area is 127 Å². The van der Waals surface area contributed by atoms with E-state index in [4.69, 9.17) is 0 Å². The summed E-state index contributed by atoms with van der Waals surface area (Å²) in [6, 6.07) is 9.17. The molecule has 0 saturated heterocycles. The SMILES string of the molecule is O=C([O-])c1c(CBr)cccc1-c1ccc(C(F)(F)F)cc1. The summed E-state index contributed by atoms with van der Waals surface area (Å²) in [5.41, 5.74) is 0.435. The van der Waals surface area contributed by atoms with E-state index in [0.717, 1.165) is 12.1 Å². The number of benzene rings is 2. The molecule has 2 rings (SSSR count). The molecule has 0 amide bonds. The Morgan fingerprint density at radius 3 is 2.19 bits per heavy atom. The molecule has 0 radical (unpaired) electrons. The first-order valence-corrected chi connectivity index (χ1v) is 7.03. The van der Waals surface area contributed by atoms with E-state index in [-0.39, 0.29) is 5.56 Å². The second-order valence-corrected chi connectivity index (χ2v) is 4.90. The predicted molar refractivity (Wildman–Crippen MR) is 73.8 cm³/mol. The lowest BCUT2D eigenvalue weighted by Crippen LogP contribution is -2.24. The fraction of sp³-hybridized carbons (Fsp3) is 0.133. The third-order valence-electron chi connectivity index (χ3n) is 3.02. The van der Waals surface area contributed by atoms with Crippen molar-refractivity contribution in [2.75, 3.05) is 0 Å². The first-order chi connectivity index (χ1) is 9.84. The minimum absolute atomic E-state index is 0.0193. The van der Waals surface area contributed by atoms with Crippen LogP contribution in [0.15, 0.2) is 42.5 Å². The number of carbonyl (C=O) groups is 1. The lowest BCUT2D eigenvalue weighted by Gasteiger charge is -2.15. The van der Waals surface area contributed by atoms with Crippen LogP contribution < -0.4 is 5.11 Å². The van der Waals surface area contributed by atoms with Gasteiger partial charge in [-0.1, -0.05) is 46.3 Å². The van der Waals surface area contributed by atoms with Crippen LogP contribution in [-0.4, -0.2) is 5.97 Å². The number of carboxylic acids is 1. The van der Waals surface area contributed by atoms with Crippen LogP contribution in [0.2, 0.25) is 0 Å². The molecule has 0 unspecified atom stereocenters. The Morgan fingerprint density at radius 1 is 1.10 bits per heavy atom. The van der Waals surface area contributed by atoms with Crippen LogP contribution in [-0.2, 0) is 11.5 Å². The van der Waals surface area contributed by atoms with Gasteiger partial charge in [-0.15, -0.1) is 0 Å². The fourth-order valence-electron chi connectivity index (χ4n) is 2.03. The van der Waals surface area contributed by atoms with Crippen molar-refractivity contribution in [2.24, 2.45) is 0 Å². The molecule has 0 saturated carbocycles. The van der Waals surface area contributed by atoms with Gasteiger partial charge in [0, 0.05) is 10.9 Å². The van der Waals surface area contributed by atoms with Gasteiger partial charge in [-0.2, -0.15) is 13.2 Å². The number of rotatable bonds is 3. The molecule has 21 heavy (non-hydrogen) atoms. The molecule has 0 aliphatic heterocycles. The molecule has 0 N–H and O–H groups in total. The molecular formula is C15H9BrF3O2-. The molecule has 0 bridgehead atoms. The van der Waals surface area contributed by atoms with Gasteiger partial charge in [-0.05, 0) is 28.8 Å². The van der Waals surface area contributed by atoms with Gasteiger partial charge in [-0.3, -0.25) is 0 Å². The Bertz CT molecular complexity index is 664. The molecule has 0 aromatic heterocycles. The molecule has 0 aliphatic carbocycles. The third kappa shape index (κ3) is 3.26. The lowest BCUT2D eigenvalue weighted by molar-refractivity contribution is -0.255. The summed E-state index contributed by atoms with van der Waals surface area (Å²) in [4.78, 5) is 11.3. The van der Waals surface area contributed by atoms with Gasteiger partial charge < -0.3 is 9.90 Å². The number of carboxylic acid groups (broad SMARTS) is 1. The van der Waals surface area contributed by atoms with E-state index < -0.39 is 17.7 Å². The van der Waals surface area contributed by atoms with Gasteiger partial charge >= 0.3 is 6.18 Å². The molecule has 2 nitrogen and oxygen atoms in total. The number of halogens is 4. The number of alkyl halides is 4. The number of hydrogen-bond acceptors (Lipinski definition) is 2. The van der Waals surface area contributed by atoms with Crippen LogP contribution in [0.25, 0.3) is 11.1 Å². The van der Waals surface area contributed by atoms with Gasteiger partial charge in [-0.25, -0.2) is 0 Å². The van der Waals surface area contributed by atoms with Crippen molar-refractivity contribution < 1.29 is 23.1 Å². The Hall–Kier alpha value is -1.82. The molecule has 2 aromatic carbocycles. The van der Waals surface area contributed by atoms with Crippen LogP contribution in [0.5, 0.6) is 0 Å². The molecule has 6 heteroatoms. The van der Waals surface area contributed by atoms with E-state index in [2.05, 4.69) is 15.9 Å². The Morgan fingerprint density at radius 2 is 1.71 bits per heavy atom. The minimum Gasteiger partial charge on any atom is -0.545 e. The average Bonchev–Trinajstić information content (AvgIpc) is 2.45. The van der Waals surface area contributed by atoms with Gasteiger partial charge in [0.25, 0.3) is 0 Å². The van der Waals surface area contributed by atoms with Crippen molar-refractivity contribution in [2.45, 2.75) is 11.5 Å². The molecule has 0 atom stereocenters. The van der Waals surface area contributed by atoms with E-state index >= 15 is 0 Å². The van der Waals surface area contributed by atoms with Crippen LogP contribution in [0.3, 0.4) is 0 Å². The first-order valence-electron chi connectivity index (χ1n) is 5.91. The van der Waals surface area contributed by atoms with E-state index in [1.807, 2.05) is 0 Å². The van der Waals surface area contributed by atoms with E-state index in [1.54, 1.807) is 18.2 Å². The summed E-state index contributed by atoms with van der Waals surface area (Å²) in [6.45, 7) is 0. The first kappa shape index (κ1) is 15.6. The normalized spacial score (nSPS) is 11.4. The predicted octanol–water partition coefficient (Wildman–Crippen LogP) is 3.63. The third-order valence-corrected chi connectivity index (χ3v) is 3.63. The highest BCUT2D eigenvalue weighted by atomic mass is 79.9. The lowest BCUT2D eigenvalue weighted by atomic mass is 9.95. The van der Waals surface area contributed by atoms with Crippen molar-refractivity contribution in [3.63, 3.8) is 0 Å². The highest BCUT2D eigenvalue weighted by molar-refractivity contribution is 9.08. The quantitative estimate of drug-likeness (QED) is 0.787. The maximum Gasteiger partial charge on any atom is 0.416 e. The maximum atomic E-state index is 12.5. The van der Waals surface area contributed by atoms with Crippen molar-refractivity contribution in [3.05, 3.63) is 59.2 Å². The van der Waals surface area contributed by atoms with E-state index in [1.165, 1.54) is 12.1 Å². The second-order valence-electron chi connectivity index (χ2n) is 4.34. The second kappa shape index (κ2) is 5.89. The molecule has 110 valence electrons. The molecule has 0 fully saturated rings. The summed E-state index contributed by atoms with van der Waals surface area (Å²) in [5.74, 6) is -1.36. The topological polar surface area (TPSA) is 40.1 Å². The van der Waals surface area contributed by atoms with Gasteiger partial charge in [0.15, 0.2) is 0 Å². The number of hydrogen-bond donors (Lipinski definition) is 0. The highest BCUT2D eigenvalue weighted by Gasteiger charge is 2.30. The summed E-state index contributed by atoms with van der Waals surface area (Å²) < 4.78 is 37.6. The highest BCUT2D eigenvalue weighted by Crippen LogP contribution is 2.32. The molecule has 2 aromatic rings. The smallest absolute Gasteiger partial charge is 0.416 e. The van der Waals surface area contributed by atoms with E-state index in [0.29, 0.717) is 22.0 Å². The fourth-order valence-corrected chi connectivity index (χ4v) is 2.50. The van der Waals surface area contributed by atoms with E-state index in [9.17, 15) is 23.1 Å². The molecule has 0 spiro atoms. The zero-order valence-electron chi connectivity index (χ0n) is 10.6. The summed E-state index contributed by atoms with van der Waals surface area (Å²) in [5, 5.41) is 11.6. The van der Waals surface area contributed by atoms with Crippen molar-refractivity contribution in [3.8, 4) is 11.1 Å². The van der Waals surface area contributed by atoms with Gasteiger partial charge in [0.1, 0.15) is 0 Å². The van der Waals surface area contributed by atoms with Crippen LogP contribution in [0.4, 0.5) is 13.2 Å². The summed E-state index contributed by atoms with van der Waals surface area (Å²) >= 11 is 3.18. The zero-order chi connectivity index (χ0) is 15.6.